The minimum absolute atomic E-state index is 0.658. The Bertz CT molecular complexity index is 678. The number of benzene rings is 2. The summed E-state index contributed by atoms with van der Waals surface area (Å²) in [6.07, 6.45) is 0.936. The molecule has 0 spiro atoms. The van der Waals surface area contributed by atoms with Crippen molar-refractivity contribution in [3.8, 4) is 5.75 Å². The maximum absolute atomic E-state index is 5.19. The van der Waals surface area contributed by atoms with E-state index in [1.807, 2.05) is 26.2 Å². The Balaban J connectivity index is 1.87. The number of nitrogens with zero attached hydrogens (tertiary/aromatic N) is 2. The van der Waals surface area contributed by atoms with Crippen LogP contribution in [0.2, 0.25) is 0 Å². The van der Waals surface area contributed by atoms with Crippen molar-refractivity contribution in [3.63, 3.8) is 0 Å². The van der Waals surface area contributed by atoms with Crippen LogP contribution in [0.1, 0.15) is 18.1 Å². The van der Waals surface area contributed by atoms with Gasteiger partial charge in [0, 0.05) is 32.9 Å². The standard InChI is InChI=1S/C21H30N4O/c1-5-22-21(23-15-14-17-8-12-20(26-4)13-9-17)24-16-18-6-10-19(11-7-18)25(2)3/h6-13H,5,14-16H2,1-4H3,(H2,22,23,24). The van der Waals surface area contributed by atoms with Gasteiger partial charge in [-0.05, 0) is 48.7 Å². The summed E-state index contributed by atoms with van der Waals surface area (Å²) in [5.74, 6) is 1.73. The lowest BCUT2D eigenvalue weighted by molar-refractivity contribution is 0.414. The molecule has 0 amide bonds. The van der Waals surface area contributed by atoms with Gasteiger partial charge in [-0.2, -0.15) is 0 Å². The first-order valence-corrected chi connectivity index (χ1v) is 9.03. The van der Waals surface area contributed by atoms with Crippen LogP contribution in [-0.2, 0) is 13.0 Å². The summed E-state index contributed by atoms with van der Waals surface area (Å²) in [6, 6.07) is 16.7. The third-order valence-electron chi connectivity index (χ3n) is 4.08. The number of hydrogen-bond acceptors (Lipinski definition) is 3. The largest absolute Gasteiger partial charge is 0.497 e. The van der Waals surface area contributed by atoms with E-state index < -0.39 is 0 Å². The highest BCUT2D eigenvalue weighted by atomic mass is 16.5. The van der Waals surface area contributed by atoms with Crippen LogP contribution in [0.15, 0.2) is 53.5 Å². The number of anilines is 1. The lowest BCUT2D eigenvalue weighted by Gasteiger charge is -2.13. The Morgan fingerprint density at radius 2 is 1.62 bits per heavy atom. The molecule has 2 aromatic carbocycles. The van der Waals surface area contributed by atoms with Crippen LogP contribution in [0, 0.1) is 0 Å². The Morgan fingerprint density at radius 1 is 0.962 bits per heavy atom. The third kappa shape index (κ3) is 6.31. The van der Waals surface area contributed by atoms with Gasteiger partial charge in [-0.3, -0.25) is 0 Å². The summed E-state index contributed by atoms with van der Waals surface area (Å²) in [5.41, 5.74) is 3.67. The molecule has 0 fully saturated rings. The van der Waals surface area contributed by atoms with Crippen molar-refractivity contribution in [1.29, 1.82) is 0 Å². The highest BCUT2D eigenvalue weighted by Crippen LogP contribution is 2.13. The molecule has 0 aliphatic carbocycles. The zero-order chi connectivity index (χ0) is 18.8. The molecule has 2 rings (SSSR count). The molecule has 0 radical (unpaired) electrons. The van der Waals surface area contributed by atoms with Crippen LogP contribution in [0.25, 0.3) is 0 Å². The molecule has 5 nitrogen and oxygen atoms in total. The van der Waals surface area contributed by atoms with E-state index in [4.69, 9.17) is 4.74 Å². The topological polar surface area (TPSA) is 48.9 Å². The fourth-order valence-electron chi connectivity index (χ4n) is 2.53. The van der Waals surface area contributed by atoms with Gasteiger partial charge in [-0.1, -0.05) is 24.3 Å². The van der Waals surface area contributed by atoms with Crippen LogP contribution in [-0.4, -0.2) is 40.3 Å². The van der Waals surface area contributed by atoms with E-state index in [0.29, 0.717) is 6.54 Å². The van der Waals surface area contributed by atoms with Crippen molar-refractivity contribution in [2.75, 3.05) is 39.2 Å². The summed E-state index contributed by atoms with van der Waals surface area (Å²) in [7, 11) is 5.77. The van der Waals surface area contributed by atoms with E-state index in [2.05, 4.69) is 63.8 Å². The Hall–Kier alpha value is -2.69. The van der Waals surface area contributed by atoms with Gasteiger partial charge >= 0.3 is 0 Å². The zero-order valence-corrected chi connectivity index (χ0v) is 16.2. The van der Waals surface area contributed by atoms with E-state index in [-0.39, 0.29) is 0 Å². The molecule has 0 bridgehead atoms. The SMILES string of the molecule is CCNC(=NCc1ccc(N(C)C)cc1)NCCc1ccc(OC)cc1. The van der Waals surface area contributed by atoms with Gasteiger partial charge in [-0.15, -0.1) is 0 Å². The minimum atomic E-state index is 0.658. The summed E-state index contributed by atoms with van der Waals surface area (Å²) in [6.45, 7) is 4.41. The second-order valence-electron chi connectivity index (χ2n) is 6.28. The van der Waals surface area contributed by atoms with Gasteiger partial charge in [0.2, 0.25) is 0 Å². The molecule has 0 aromatic heterocycles. The fraction of sp³-hybridized carbons (Fsp3) is 0.381. The number of hydrogen-bond donors (Lipinski definition) is 2. The van der Waals surface area contributed by atoms with Crippen LogP contribution in [0.5, 0.6) is 5.75 Å². The molecular formula is C21H30N4O. The van der Waals surface area contributed by atoms with Crippen LogP contribution in [0.4, 0.5) is 5.69 Å². The Labute approximate surface area is 157 Å². The van der Waals surface area contributed by atoms with Crippen molar-refractivity contribution in [2.24, 2.45) is 4.99 Å². The first kappa shape index (κ1) is 19.6. The predicted molar refractivity (Wildman–Crippen MR) is 110 cm³/mol. The van der Waals surface area contributed by atoms with E-state index in [9.17, 15) is 0 Å². The van der Waals surface area contributed by atoms with Gasteiger partial charge in [0.1, 0.15) is 5.75 Å². The smallest absolute Gasteiger partial charge is 0.191 e. The average molecular weight is 354 g/mol. The fourth-order valence-corrected chi connectivity index (χ4v) is 2.53. The van der Waals surface area contributed by atoms with Crippen molar-refractivity contribution in [2.45, 2.75) is 19.9 Å². The molecule has 5 heteroatoms. The maximum Gasteiger partial charge on any atom is 0.191 e. The van der Waals surface area contributed by atoms with Crippen LogP contribution >= 0.6 is 0 Å². The van der Waals surface area contributed by atoms with Crippen LogP contribution in [0.3, 0.4) is 0 Å². The number of guanidine groups is 1. The summed E-state index contributed by atoms with van der Waals surface area (Å²) in [4.78, 5) is 6.77. The summed E-state index contributed by atoms with van der Waals surface area (Å²) in [5, 5.41) is 6.69. The molecule has 0 saturated heterocycles. The van der Waals surface area contributed by atoms with Gasteiger partial charge < -0.3 is 20.3 Å². The van der Waals surface area contributed by atoms with Crippen molar-refractivity contribution < 1.29 is 4.74 Å². The highest BCUT2D eigenvalue weighted by molar-refractivity contribution is 5.79. The van der Waals surface area contributed by atoms with Gasteiger partial charge in [0.25, 0.3) is 0 Å². The number of nitrogens with one attached hydrogen (secondary N) is 2. The summed E-state index contributed by atoms with van der Waals surface area (Å²) < 4.78 is 5.19. The molecule has 140 valence electrons. The molecule has 0 heterocycles. The first-order valence-electron chi connectivity index (χ1n) is 9.03. The quantitative estimate of drug-likeness (QED) is 0.565. The first-order chi connectivity index (χ1) is 12.6. The van der Waals surface area contributed by atoms with Crippen molar-refractivity contribution in [1.82, 2.24) is 10.6 Å². The number of rotatable bonds is 8. The monoisotopic (exact) mass is 354 g/mol. The lowest BCUT2D eigenvalue weighted by Crippen LogP contribution is -2.38. The molecule has 0 unspecified atom stereocenters. The zero-order valence-electron chi connectivity index (χ0n) is 16.2. The molecule has 2 aromatic rings. The Morgan fingerprint density at radius 3 is 2.19 bits per heavy atom. The average Bonchev–Trinajstić information content (AvgIpc) is 2.67. The van der Waals surface area contributed by atoms with Crippen molar-refractivity contribution in [3.05, 3.63) is 59.7 Å². The van der Waals surface area contributed by atoms with Gasteiger partial charge in [0.05, 0.1) is 13.7 Å². The van der Waals surface area contributed by atoms with E-state index >= 15 is 0 Å². The molecule has 0 aliphatic rings. The molecule has 0 saturated carbocycles. The minimum Gasteiger partial charge on any atom is -0.497 e. The normalized spacial score (nSPS) is 11.2. The van der Waals surface area contributed by atoms with E-state index in [1.165, 1.54) is 16.8 Å². The molecule has 0 atom stereocenters. The highest BCUT2D eigenvalue weighted by Gasteiger charge is 2.00. The number of ether oxygens (including phenoxy) is 1. The third-order valence-corrected chi connectivity index (χ3v) is 4.08. The predicted octanol–water partition coefficient (Wildman–Crippen LogP) is 3.06. The number of aliphatic imine (C=N–C) groups is 1. The number of methoxy groups -OCH3 is 1. The second kappa shape index (κ2) is 10.3. The molecule has 0 aliphatic heterocycles. The second-order valence-corrected chi connectivity index (χ2v) is 6.28. The van der Waals surface area contributed by atoms with E-state index in [0.717, 1.165) is 31.2 Å². The lowest BCUT2D eigenvalue weighted by atomic mass is 10.1. The molecule has 2 N–H and O–H groups in total. The molecular weight excluding hydrogens is 324 g/mol. The van der Waals surface area contributed by atoms with Crippen molar-refractivity contribution >= 4 is 11.6 Å². The molecule has 26 heavy (non-hydrogen) atoms. The van der Waals surface area contributed by atoms with Gasteiger partial charge in [0.15, 0.2) is 5.96 Å². The summed E-state index contributed by atoms with van der Waals surface area (Å²) >= 11 is 0. The van der Waals surface area contributed by atoms with E-state index in [1.54, 1.807) is 7.11 Å². The Kier molecular flexibility index (Phi) is 7.80. The van der Waals surface area contributed by atoms with Crippen LogP contribution < -0.4 is 20.3 Å². The van der Waals surface area contributed by atoms with Gasteiger partial charge in [-0.25, -0.2) is 4.99 Å². The maximum atomic E-state index is 5.19.